The molecule has 38 heavy (non-hydrogen) atoms. The Hall–Kier alpha value is -4.26. The predicted molar refractivity (Wildman–Crippen MR) is 138 cm³/mol. The lowest BCUT2D eigenvalue weighted by atomic mass is 10.00. The number of methoxy groups -OCH3 is 1. The molecule has 2 aromatic carbocycles. The summed E-state index contributed by atoms with van der Waals surface area (Å²) in [5.41, 5.74) is 0.0340. The maximum Gasteiger partial charge on any atom is 0.325 e. The number of carbonyl (C=O) groups excluding carboxylic acids is 2. The first kappa shape index (κ1) is 26.8. The Bertz CT molecular complexity index is 1490. The van der Waals surface area contributed by atoms with Crippen molar-refractivity contribution in [2.45, 2.75) is 44.9 Å². The number of anilines is 1. The van der Waals surface area contributed by atoms with Crippen molar-refractivity contribution < 1.29 is 28.7 Å². The number of thioether (sulfide) groups is 1. The second-order valence-corrected chi connectivity index (χ2v) is 9.53. The summed E-state index contributed by atoms with van der Waals surface area (Å²) in [4.78, 5) is 54.1. The Balaban J connectivity index is 2.11. The molecule has 1 atom stereocenters. The number of hydrogen-bond acceptors (Lipinski definition) is 9. The number of fused-ring (bicyclic) bond motifs is 3. The number of para-hydroxylation sites is 1. The number of nitrogens with zero attached hydrogens (tertiary/aromatic N) is 4. The molecule has 0 unspecified atom stereocenters. The predicted octanol–water partition coefficient (Wildman–Crippen LogP) is 3.37. The number of hydrogen-bond donors (Lipinski definition) is 1. The first-order valence-corrected chi connectivity index (χ1v) is 12.8. The van der Waals surface area contributed by atoms with E-state index in [2.05, 4.69) is 10.1 Å². The van der Waals surface area contributed by atoms with Gasteiger partial charge in [-0.3, -0.25) is 29.5 Å². The number of H-pyrrole nitrogens is 1. The van der Waals surface area contributed by atoms with Gasteiger partial charge in [0, 0.05) is 24.7 Å². The van der Waals surface area contributed by atoms with Crippen molar-refractivity contribution in [1.82, 2.24) is 10.1 Å². The SMILES string of the molecule is CCCCSc1n[n+]2c(c(=O)[nH]1)-c1ccccc1N(C(C)=O)[C@H]2c1cc(OC)cc([N+](=O)[O-])c1OC(C)=O. The highest BCUT2D eigenvalue weighted by atomic mass is 32.2. The van der Waals surface area contributed by atoms with Crippen LogP contribution < -0.4 is 24.6 Å². The van der Waals surface area contributed by atoms with E-state index in [1.165, 1.54) is 41.4 Å². The van der Waals surface area contributed by atoms with E-state index < -0.39 is 34.2 Å². The summed E-state index contributed by atoms with van der Waals surface area (Å²) >= 11 is 1.34. The molecule has 0 bridgehead atoms. The quantitative estimate of drug-likeness (QED) is 0.0863. The lowest BCUT2D eigenvalue weighted by Crippen LogP contribution is -2.60. The molecule has 198 valence electrons. The van der Waals surface area contributed by atoms with E-state index in [1.807, 2.05) is 6.92 Å². The number of aromatic nitrogens is 3. The van der Waals surface area contributed by atoms with Gasteiger partial charge in [0.1, 0.15) is 5.75 Å². The molecule has 1 aliphatic heterocycles. The molecular formula is C25H26N5O7S+. The fourth-order valence-corrected chi connectivity index (χ4v) is 5.22. The van der Waals surface area contributed by atoms with Gasteiger partial charge in [0.15, 0.2) is 0 Å². The molecule has 12 nitrogen and oxygen atoms in total. The van der Waals surface area contributed by atoms with Gasteiger partial charge >= 0.3 is 22.9 Å². The number of benzene rings is 2. The summed E-state index contributed by atoms with van der Waals surface area (Å²) in [5.74, 6) is -0.818. The highest BCUT2D eigenvalue weighted by Gasteiger charge is 2.47. The molecule has 0 saturated carbocycles. The van der Waals surface area contributed by atoms with Gasteiger partial charge < -0.3 is 9.47 Å². The highest BCUT2D eigenvalue weighted by Crippen LogP contribution is 2.44. The van der Waals surface area contributed by atoms with Crippen LogP contribution in [0.25, 0.3) is 11.3 Å². The van der Waals surface area contributed by atoms with Crippen LogP contribution in [0, 0.1) is 10.1 Å². The first-order valence-electron chi connectivity index (χ1n) is 11.8. The van der Waals surface area contributed by atoms with Gasteiger partial charge in [-0.05, 0) is 29.3 Å². The Labute approximate surface area is 221 Å². The van der Waals surface area contributed by atoms with Gasteiger partial charge in [-0.25, -0.2) is 4.90 Å². The smallest absolute Gasteiger partial charge is 0.325 e. The fourth-order valence-electron chi connectivity index (χ4n) is 4.28. The number of carbonyl (C=O) groups is 2. The summed E-state index contributed by atoms with van der Waals surface area (Å²) in [7, 11) is 1.33. The van der Waals surface area contributed by atoms with Crippen LogP contribution in [0.5, 0.6) is 11.5 Å². The number of amides is 1. The average Bonchev–Trinajstić information content (AvgIpc) is 2.87. The van der Waals surface area contributed by atoms with Crippen molar-refractivity contribution in [1.29, 1.82) is 0 Å². The summed E-state index contributed by atoms with van der Waals surface area (Å²) in [6, 6.07) is 9.35. The van der Waals surface area contributed by atoms with Gasteiger partial charge in [-0.15, -0.1) is 0 Å². The molecule has 3 aromatic rings. The third-order valence-corrected chi connectivity index (χ3v) is 6.81. The van der Waals surface area contributed by atoms with Crippen molar-refractivity contribution in [3.8, 4) is 22.8 Å². The van der Waals surface area contributed by atoms with E-state index in [0.29, 0.717) is 22.2 Å². The Kier molecular flexibility index (Phi) is 7.76. The lowest BCUT2D eigenvalue weighted by molar-refractivity contribution is -0.763. The molecule has 2 heterocycles. The van der Waals surface area contributed by atoms with E-state index in [4.69, 9.17) is 9.47 Å². The summed E-state index contributed by atoms with van der Waals surface area (Å²) in [6.45, 7) is 4.49. The van der Waals surface area contributed by atoms with E-state index in [9.17, 15) is 24.5 Å². The lowest BCUT2D eigenvalue weighted by Gasteiger charge is -2.31. The normalized spacial score (nSPS) is 13.9. The molecule has 1 N–H and O–H groups in total. The number of rotatable bonds is 8. The number of esters is 1. The highest BCUT2D eigenvalue weighted by molar-refractivity contribution is 7.99. The molecule has 1 aliphatic rings. The molecule has 0 spiro atoms. The molecule has 0 saturated heterocycles. The van der Waals surface area contributed by atoms with Gasteiger partial charge in [-0.1, -0.05) is 37.2 Å². The van der Waals surface area contributed by atoms with Gasteiger partial charge in [0.25, 0.3) is 6.17 Å². The average molecular weight is 541 g/mol. The Morgan fingerprint density at radius 3 is 2.63 bits per heavy atom. The third-order valence-electron chi connectivity index (χ3n) is 5.86. The van der Waals surface area contributed by atoms with Gasteiger partial charge in [0.05, 0.1) is 34.9 Å². The zero-order valence-corrected chi connectivity index (χ0v) is 22.0. The molecule has 0 aliphatic carbocycles. The van der Waals surface area contributed by atoms with E-state index >= 15 is 0 Å². The van der Waals surface area contributed by atoms with Gasteiger partial charge in [0.2, 0.25) is 16.8 Å². The van der Waals surface area contributed by atoms with E-state index in [1.54, 1.807) is 24.3 Å². The number of unbranched alkanes of at least 4 members (excludes halogenated alkanes) is 1. The first-order chi connectivity index (χ1) is 18.2. The second-order valence-electron chi connectivity index (χ2n) is 8.45. The molecule has 1 aromatic heterocycles. The van der Waals surface area contributed by atoms with Crippen LogP contribution >= 0.6 is 11.8 Å². The topological polar surface area (TPSA) is 149 Å². The molecule has 0 radical (unpaired) electrons. The van der Waals surface area contributed by atoms with Gasteiger partial charge in [-0.2, -0.15) is 0 Å². The number of aromatic amines is 1. The van der Waals surface area contributed by atoms with Crippen LogP contribution in [0.2, 0.25) is 0 Å². The van der Waals surface area contributed by atoms with Crippen LogP contribution in [0.1, 0.15) is 45.3 Å². The Morgan fingerprint density at radius 1 is 1.26 bits per heavy atom. The summed E-state index contributed by atoms with van der Waals surface area (Å²) in [6.07, 6.45) is 0.622. The zero-order chi connectivity index (χ0) is 27.6. The van der Waals surface area contributed by atoms with Crippen molar-refractivity contribution in [3.05, 3.63) is 62.4 Å². The van der Waals surface area contributed by atoms with Crippen LogP contribution in [0.3, 0.4) is 0 Å². The standard InChI is InChI=1S/C25H25N5O7S/c1-5-6-11-38-25-26-23(33)21-17-9-7-8-10-19(17)28(14(2)31)24(29(21)27-25)18-12-16(36-4)13-20(30(34)35)22(18)37-15(3)32/h7-10,12-13,24H,5-6,11H2,1-4H3/p+1/t24-/m1/s1. The summed E-state index contributed by atoms with van der Waals surface area (Å²) < 4.78 is 12.0. The van der Waals surface area contributed by atoms with Crippen LogP contribution in [0.4, 0.5) is 11.4 Å². The largest absolute Gasteiger partial charge is 0.496 e. The minimum Gasteiger partial charge on any atom is -0.496 e. The van der Waals surface area contributed by atoms with E-state index in [0.717, 1.165) is 25.8 Å². The van der Waals surface area contributed by atoms with Crippen LogP contribution in [-0.4, -0.2) is 39.7 Å². The number of nitro groups is 1. The van der Waals surface area contributed by atoms with Crippen molar-refractivity contribution in [2.75, 3.05) is 17.8 Å². The molecule has 1 amide bonds. The molecule has 13 heteroatoms. The third kappa shape index (κ3) is 4.96. The van der Waals surface area contributed by atoms with E-state index in [-0.39, 0.29) is 22.8 Å². The minimum atomic E-state index is -1.21. The second kappa shape index (κ2) is 11.0. The maximum atomic E-state index is 13.4. The Morgan fingerprint density at radius 2 is 2.00 bits per heavy atom. The molecule has 0 fully saturated rings. The van der Waals surface area contributed by atoms with Crippen molar-refractivity contribution in [3.63, 3.8) is 0 Å². The number of nitrogens with one attached hydrogen (secondary N) is 1. The van der Waals surface area contributed by atoms with Crippen molar-refractivity contribution >= 4 is 35.0 Å². The summed E-state index contributed by atoms with van der Waals surface area (Å²) in [5, 5.41) is 17.0. The maximum absolute atomic E-state index is 13.4. The fraction of sp³-hybridized carbons (Fsp3) is 0.320. The monoisotopic (exact) mass is 540 g/mol. The molecular weight excluding hydrogens is 514 g/mol. The minimum absolute atomic E-state index is 0.0461. The molecule has 4 rings (SSSR count). The number of ether oxygens (including phenoxy) is 2. The number of nitro benzene ring substituents is 1. The van der Waals surface area contributed by atoms with Crippen LogP contribution in [-0.2, 0) is 9.59 Å². The zero-order valence-electron chi connectivity index (χ0n) is 21.2. The van der Waals surface area contributed by atoms with Crippen LogP contribution in [0.15, 0.2) is 46.3 Å². The van der Waals surface area contributed by atoms with Crippen molar-refractivity contribution in [2.24, 2.45) is 0 Å².